The largest absolute Gasteiger partial charge is 0.434 e. The van der Waals surface area contributed by atoms with Crippen LogP contribution in [-0.2, 0) is 6.54 Å². The molecule has 0 saturated heterocycles. The zero-order valence-corrected chi connectivity index (χ0v) is 12.1. The maximum Gasteiger partial charge on any atom is 0.387 e. The highest BCUT2D eigenvalue weighted by Crippen LogP contribution is 2.25. The van der Waals surface area contributed by atoms with E-state index in [1.807, 2.05) is 0 Å². The standard InChI is InChI=1S/C13H18BrF2NO/c1-3-11(4-2)17-8-9-7-10(14)5-6-12(9)18-13(15)16/h5-7,11,13,17H,3-4,8H2,1-2H3. The predicted octanol–water partition coefficient (Wildman–Crippen LogP) is 4.33. The smallest absolute Gasteiger partial charge is 0.387 e. The van der Waals surface area contributed by atoms with E-state index in [2.05, 4.69) is 39.8 Å². The van der Waals surface area contributed by atoms with E-state index in [1.54, 1.807) is 18.2 Å². The summed E-state index contributed by atoms with van der Waals surface area (Å²) in [6.07, 6.45) is 2.02. The molecule has 0 fully saturated rings. The first-order chi connectivity index (χ1) is 8.56. The van der Waals surface area contributed by atoms with Crippen LogP contribution in [-0.4, -0.2) is 12.7 Å². The maximum absolute atomic E-state index is 12.3. The molecule has 5 heteroatoms. The molecular weight excluding hydrogens is 304 g/mol. The van der Waals surface area contributed by atoms with Crippen LogP contribution >= 0.6 is 15.9 Å². The minimum atomic E-state index is -2.79. The van der Waals surface area contributed by atoms with Crippen LogP contribution in [0.3, 0.4) is 0 Å². The fraction of sp³-hybridized carbons (Fsp3) is 0.538. The molecule has 0 amide bonds. The number of nitrogens with one attached hydrogen (secondary N) is 1. The fourth-order valence-electron chi connectivity index (χ4n) is 1.73. The number of halogens is 3. The fourth-order valence-corrected chi connectivity index (χ4v) is 2.14. The van der Waals surface area contributed by atoms with Crippen LogP contribution in [0.15, 0.2) is 22.7 Å². The third kappa shape index (κ3) is 4.90. The van der Waals surface area contributed by atoms with Gasteiger partial charge in [0.25, 0.3) is 0 Å². The Bertz CT molecular complexity index is 370. The van der Waals surface area contributed by atoms with Crippen molar-refractivity contribution in [3.8, 4) is 5.75 Å². The molecule has 0 bridgehead atoms. The number of rotatable bonds is 7. The van der Waals surface area contributed by atoms with Gasteiger partial charge in [-0.3, -0.25) is 0 Å². The highest BCUT2D eigenvalue weighted by atomic mass is 79.9. The second-order valence-electron chi connectivity index (χ2n) is 4.02. The summed E-state index contributed by atoms with van der Waals surface area (Å²) >= 11 is 3.33. The van der Waals surface area contributed by atoms with Crippen LogP contribution in [0.4, 0.5) is 8.78 Å². The molecule has 0 spiro atoms. The van der Waals surface area contributed by atoms with Gasteiger partial charge in [0.2, 0.25) is 0 Å². The topological polar surface area (TPSA) is 21.3 Å². The number of alkyl halides is 2. The van der Waals surface area contributed by atoms with E-state index in [0.29, 0.717) is 12.6 Å². The Morgan fingerprint density at radius 1 is 1.28 bits per heavy atom. The molecule has 1 aromatic rings. The number of ether oxygens (including phenoxy) is 1. The molecule has 0 heterocycles. The van der Waals surface area contributed by atoms with Crippen LogP contribution in [0.25, 0.3) is 0 Å². The van der Waals surface area contributed by atoms with Gasteiger partial charge in [0.05, 0.1) is 0 Å². The molecule has 0 unspecified atom stereocenters. The summed E-state index contributed by atoms with van der Waals surface area (Å²) in [4.78, 5) is 0. The average Bonchev–Trinajstić information content (AvgIpc) is 2.33. The van der Waals surface area contributed by atoms with E-state index in [9.17, 15) is 8.78 Å². The van der Waals surface area contributed by atoms with Crippen molar-refractivity contribution in [1.29, 1.82) is 0 Å². The van der Waals surface area contributed by atoms with Crippen molar-refractivity contribution in [1.82, 2.24) is 5.32 Å². The summed E-state index contributed by atoms with van der Waals surface area (Å²) in [5, 5.41) is 3.33. The molecule has 1 rings (SSSR count). The molecule has 1 aromatic carbocycles. The van der Waals surface area contributed by atoms with Gasteiger partial charge in [-0.15, -0.1) is 0 Å². The molecule has 102 valence electrons. The van der Waals surface area contributed by atoms with E-state index in [0.717, 1.165) is 22.9 Å². The van der Waals surface area contributed by atoms with Gasteiger partial charge in [-0.2, -0.15) is 8.78 Å². The van der Waals surface area contributed by atoms with Gasteiger partial charge in [-0.1, -0.05) is 29.8 Å². The average molecular weight is 322 g/mol. The monoisotopic (exact) mass is 321 g/mol. The molecular formula is C13H18BrF2NO. The molecule has 0 saturated carbocycles. The normalized spacial score (nSPS) is 11.3. The second-order valence-corrected chi connectivity index (χ2v) is 4.94. The van der Waals surface area contributed by atoms with Crippen molar-refractivity contribution in [3.05, 3.63) is 28.2 Å². The Morgan fingerprint density at radius 2 is 1.94 bits per heavy atom. The Morgan fingerprint density at radius 3 is 2.50 bits per heavy atom. The van der Waals surface area contributed by atoms with Crippen molar-refractivity contribution in [2.45, 2.75) is 45.9 Å². The molecule has 0 atom stereocenters. The van der Waals surface area contributed by atoms with E-state index >= 15 is 0 Å². The summed E-state index contributed by atoms with van der Waals surface area (Å²) in [7, 11) is 0. The van der Waals surface area contributed by atoms with Crippen molar-refractivity contribution in [3.63, 3.8) is 0 Å². The molecule has 1 N–H and O–H groups in total. The van der Waals surface area contributed by atoms with Gasteiger partial charge in [-0.05, 0) is 31.0 Å². The van der Waals surface area contributed by atoms with Gasteiger partial charge >= 0.3 is 6.61 Å². The predicted molar refractivity (Wildman–Crippen MR) is 72.0 cm³/mol. The summed E-state index contributed by atoms with van der Waals surface area (Å²) in [5.41, 5.74) is 0.733. The number of benzene rings is 1. The van der Waals surface area contributed by atoms with Crippen LogP contribution in [0.5, 0.6) is 5.75 Å². The molecule has 18 heavy (non-hydrogen) atoms. The van der Waals surface area contributed by atoms with Crippen molar-refractivity contribution >= 4 is 15.9 Å². The van der Waals surface area contributed by atoms with Crippen LogP contribution in [0.1, 0.15) is 32.3 Å². The Labute approximate surface area is 115 Å². The molecule has 0 aromatic heterocycles. The third-order valence-corrected chi connectivity index (χ3v) is 3.30. The minimum absolute atomic E-state index is 0.228. The van der Waals surface area contributed by atoms with Gasteiger partial charge in [0, 0.05) is 22.6 Å². The van der Waals surface area contributed by atoms with Gasteiger partial charge in [0.15, 0.2) is 0 Å². The zero-order valence-electron chi connectivity index (χ0n) is 10.6. The highest BCUT2D eigenvalue weighted by molar-refractivity contribution is 9.10. The van der Waals surface area contributed by atoms with Crippen molar-refractivity contribution < 1.29 is 13.5 Å². The molecule has 0 aliphatic rings. The summed E-state index contributed by atoms with van der Waals surface area (Å²) in [6, 6.07) is 5.44. The number of hydrogen-bond donors (Lipinski definition) is 1. The van der Waals surface area contributed by atoms with Crippen LogP contribution < -0.4 is 10.1 Å². The lowest BCUT2D eigenvalue weighted by Crippen LogP contribution is -2.27. The van der Waals surface area contributed by atoms with Crippen LogP contribution in [0.2, 0.25) is 0 Å². The lowest BCUT2D eigenvalue weighted by molar-refractivity contribution is -0.0505. The lowest BCUT2D eigenvalue weighted by atomic mass is 10.1. The van der Waals surface area contributed by atoms with Gasteiger partial charge < -0.3 is 10.1 Å². The highest BCUT2D eigenvalue weighted by Gasteiger charge is 2.11. The second kappa shape index (κ2) is 7.69. The van der Waals surface area contributed by atoms with E-state index in [1.165, 1.54) is 0 Å². The summed E-state index contributed by atoms with van der Waals surface area (Å²) < 4.78 is 29.9. The SMILES string of the molecule is CCC(CC)NCc1cc(Br)ccc1OC(F)F. The van der Waals surface area contributed by atoms with E-state index in [4.69, 9.17) is 0 Å². The van der Waals surface area contributed by atoms with Gasteiger partial charge in [0.1, 0.15) is 5.75 Å². The van der Waals surface area contributed by atoms with Crippen molar-refractivity contribution in [2.75, 3.05) is 0 Å². The van der Waals surface area contributed by atoms with E-state index < -0.39 is 6.61 Å². The summed E-state index contributed by atoms with van der Waals surface area (Å²) in [6.45, 7) is 1.92. The van der Waals surface area contributed by atoms with E-state index in [-0.39, 0.29) is 5.75 Å². The summed E-state index contributed by atoms with van der Waals surface area (Å²) in [5.74, 6) is 0.228. The molecule has 0 aliphatic carbocycles. The van der Waals surface area contributed by atoms with Gasteiger partial charge in [-0.25, -0.2) is 0 Å². The Balaban J connectivity index is 2.75. The molecule has 0 aliphatic heterocycles. The Hall–Kier alpha value is -0.680. The first-order valence-electron chi connectivity index (χ1n) is 6.03. The zero-order chi connectivity index (χ0) is 13.5. The minimum Gasteiger partial charge on any atom is -0.434 e. The van der Waals surface area contributed by atoms with Crippen LogP contribution in [0, 0.1) is 0 Å². The molecule has 2 nitrogen and oxygen atoms in total. The lowest BCUT2D eigenvalue weighted by Gasteiger charge is -2.17. The maximum atomic E-state index is 12.3. The first-order valence-corrected chi connectivity index (χ1v) is 6.82. The Kier molecular flexibility index (Phi) is 6.57. The first kappa shape index (κ1) is 15.4. The quantitative estimate of drug-likeness (QED) is 0.807. The number of hydrogen-bond acceptors (Lipinski definition) is 2. The van der Waals surface area contributed by atoms with Crippen molar-refractivity contribution in [2.24, 2.45) is 0 Å². The molecule has 0 radical (unpaired) electrons. The third-order valence-electron chi connectivity index (χ3n) is 2.81.